The first-order valence-corrected chi connectivity index (χ1v) is 5.65. The van der Waals surface area contributed by atoms with Crippen LogP contribution >= 0.6 is 0 Å². The molecule has 0 saturated heterocycles. The molecule has 0 atom stereocenters. The third-order valence-electron chi connectivity index (χ3n) is 2.67. The molecule has 0 unspecified atom stereocenters. The molecule has 0 saturated carbocycles. The van der Waals surface area contributed by atoms with Gasteiger partial charge in [0, 0.05) is 6.42 Å². The van der Waals surface area contributed by atoms with E-state index in [2.05, 4.69) is 39.7 Å². The summed E-state index contributed by atoms with van der Waals surface area (Å²) in [7, 11) is 1.70. The van der Waals surface area contributed by atoms with Crippen molar-refractivity contribution in [3.8, 4) is 5.75 Å². The summed E-state index contributed by atoms with van der Waals surface area (Å²) in [6.07, 6.45) is 2.77. The van der Waals surface area contributed by atoms with Crippen molar-refractivity contribution in [2.24, 2.45) is 0 Å². The van der Waals surface area contributed by atoms with Crippen LogP contribution in [0.3, 0.4) is 0 Å². The lowest BCUT2D eigenvalue weighted by Crippen LogP contribution is -1.96. The topological polar surface area (TPSA) is 63.7 Å². The van der Waals surface area contributed by atoms with Crippen molar-refractivity contribution >= 4 is 0 Å². The molecule has 0 aliphatic carbocycles. The van der Waals surface area contributed by atoms with Crippen molar-refractivity contribution in [1.82, 2.24) is 20.6 Å². The molecule has 0 aliphatic rings. The number of H-pyrrole nitrogens is 1. The van der Waals surface area contributed by atoms with Crippen LogP contribution in [0.4, 0.5) is 0 Å². The Hall–Kier alpha value is -1.91. The average Bonchev–Trinajstić information content (AvgIpc) is 2.82. The number of benzene rings is 1. The van der Waals surface area contributed by atoms with Gasteiger partial charge in [-0.05, 0) is 31.4 Å². The van der Waals surface area contributed by atoms with Crippen molar-refractivity contribution in [1.29, 1.82) is 0 Å². The quantitative estimate of drug-likeness (QED) is 0.852. The lowest BCUT2D eigenvalue weighted by molar-refractivity contribution is 0.409. The normalized spacial score (nSPS) is 10.5. The Kier molecular flexibility index (Phi) is 3.69. The van der Waals surface area contributed by atoms with Crippen LogP contribution < -0.4 is 4.74 Å². The van der Waals surface area contributed by atoms with Gasteiger partial charge in [-0.25, -0.2) is 0 Å². The number of ether oxygens (including phenoxy) is 1. The van der Waals surface area contributed by atoms with Gasteiger partial charge in [0.05, 0.1) is 7.11 Å². The van der Waals surface area contributed by atoms with E-state index in [9.17, 15) is 0 Å². The van der Waals surface area contributed by atoms with Crippen molar-refractivity contribution in [2.45, 2.75) is 26.2 Å². The van der Waals surface area contributed by atoms with Gasteiger partial charge in [-0.3, -0.25) is 0 Å². The number of aryl methyl sites for hydroxylation is 3. The summed E-state index contributed by atoms with van der Waals surface area (Å²) < 4.78 is 5.34. The summed E-state index contributed by atoms with van der Waals surface area (Å²) >= 11 is 0. The minimum Gasteiger partial charge on any atom is -0.496 e. The molecule has 0 spiro atoms. The Balaban J connectivity index is 1.96. The van der Waals surface area contributed by atoms with Gasteiger partial charge in [0.15, 0.2) is 5.82 Å². The minimum absolute atomic E-state index is 0.761. The van der Waals surface area contributed by atoms with Gasteiger partial charge in [-0.15, -0.1) is 10.2 Å². The Morgan fingerprint density at radius 2 is 2.18 bits per heavy atom. The van der Waals surface area contributed by atoms with Crippen LogP contribution in [0, 0.1) is 6.92 Å². The number of hydrogen-bond donors (Lipinski definition) is 1. The van der Waals surface area contributed by atoms with Gasteiger partial charge in [0.2, 0.25) is 0 Å². The molecule has 2 aromatic rings. The molecule has 0 bridgehead atoms. The maximum absolute atomic E-state index is 5.34. The Morgan fingerprint density at radius 3 is 2.88 bits per heavy atom. The fourth-order valence-electron chi connectivity index (χ4n) is 1.83. The summed E-state index contributed by atoms with van der Waals surface area (Å²) in [6.45, 7) is 2.09. The zero-order chi connectivity index (χ0) is 12.1. The summed E-state index contributed by atoms with van der Waals surface area (Å²) in [4.78, 5) is 0. The first-order chi connectivity index (χ1) is 8.29. The predicted octanol–water partition coefficient (Wildman–Crippen LogP) is 1.69. The van der Waals surface area contributed by atoms with E-state index < -0.39 is 0 Å². The van der Waals surface area contributed by atoms with E-state index >= 15 is 0 Å². The van der Waals surface area contributed by atoms with Crippen LogP contribution in [-0.4, -0.2) is 27.7 Å². The van der Waals surface area contributed by atoms with Crippen LogP contribution in [0.15, 0.2) is 18.2 Å². The van der Waals surface area contributed by atoms with Gasteiger partial charge in [0.25, 0.3) is 0 Å². The summed E-state index contributed by atoms with van der Waals surface area (Å²) in [6, 6.07) is 6.23. The lowest BCUT2D eigenvalue weighted by atomic mass is 10.0. The molecule has 1 heterocycles. The lowest BCUT2D eigenvalue weighted by Gasteiger charge is -2.08. The van der Waals surface area contributed by atoms with Gasteiger partial charge in [-0.2, -0.15) is 5.21 Å². The van der Waals surface area contributed by atoms with Crippen LogP contribution in [0.2, 0.25) is 0 Å². The molecule has 0 aliphatic heterocycles. The second-order valence-corrected chi connectivity index (χ2v) is 4.00. The monoisotopic (exact) mass is 232 g/mol. The van der Waals surface area contributed by atoms with Crippen LogP contribution in [0.5, 0.6) is 5.75 Å². The fourth-order valence-corrected chi connectivity index (χ4v) is 1.83. The average molecular weight is 232 g/mol. The summed E-state index contributed by atoms with van der Waals surface area (Å²) in [5, 5.41) is 13.8. The molecule has 2 rings (SSSR count). The van der Waals surface area contributed by atoms with Gasteiger partial charge >= 0.3 is 0 Å². The fraction of sp³-hybridized carbons (Fsp3) is 0.417. The number of rotatable bonds is 5. The van der Waals surface area contributed by atoms with E-state index in [1.54, 1.807) is 7.11 Å². The molecular weight excluding hydrogens is 216 g/mol. The second kappa shape index (κ2) is 5.43. The highest BCUT2D eigenvalue weighted by Gasteiger charge is 2.04. The highest BCUT2D eigenvalue weighted by molar-refractivity contribution is 5.36. The molecule has 0 amide bonds. The third-order valence-corrected chi connectivity index (χ3v) is 2.67. The van der Waals surface area contributed by atoms with Gasteiger partial charge in [0.1, 0.15) is 5.75 Å². The number of nitrogens with zero attached hydrogens (tertiary/aromatic N) is 3. The number of nitrogens with one attached hydrogen (secondary N) is 1. The molecule has 0 radical (unpaired) electrons. The van der Waals surface area contributed by atoms with E-state index in [0.717, 1.165) is 30.8 Å². The zero-order valence-electron chi connectivity index (χ0n) is 10.1. The Bertz CT molecular complexity index is 467. The van der Waals surface area contributed by atoms with Crippen molar-refractivity contribution in [2.75, 3.05) is 7.11 Å². The number of hydrogen-bond acceptors (Lipinski definition) is 4. The Labute approximate surface area is 100 Å². The maximum atomic E-state index is 5.34. The SMILES string of the molecule is COc1ccc(C)cc1CCCc1nn[nH]n1. The van der Waals surface area contributed by atoms with Crippen LogP contribution in [0.1, 0.15) is 23.4 Å². The summed E-state index contributed by atoms with van der Waals surface area (Å²) in [5.74, 6) is 1.71. The van der Waals surface area contributed by atoms with E-state index in [4.69, 9.17) is 4.74 Å². The highest BCUT2D eigenvalue weighted by atomic mass is 16.5. The molecule has 5 nitrogen and oxygen atoms in total. The zero-order valence-corrected chi connectivity index (χ0v) is 10.1. The van der Waals surface area contributed by atoms with E-state index in [0.29, 0.717) is 0 Å². The molecule has 1 N–H and O–H groups in total. The van der Waals surface area contributed by atoms with Crippen molar-refractivity contribution < 1.29 is 4.74 Å². The van der Waals surface area contributed by atoms with E-state index in [-0.39, 0.29) is 0 Å². The first-order valence-electron chi connectivity index (χ1n) is 5.65. The van der Waals surface area contributed by atoms with Crippen molar-refractivity contribution in [3.63, 3.8) is 0 Å². The number of aromatic nitrogens is 4. The number of tetrazole rings is 1. The molecule has 0 fully saturated rings. The minimum atomic E-state index is 0.761. The smallest absolute Gasteiger partial charge is 0.174 e. The van der Waals surface area contributed by atoms with Crippen LogP contribution in [0.25, 0.3) is 0 Å². The number of aromatic amines is 1. The maximum Gasteiger partial charge on any atom is 0.174 e. The molecule has 90 valence electrons. The summed E-state index contributed by atoms with van der Waals surface area (Å²) in [5.41, 5.74) is 2.48. The van der Waals surface area contributed by atoms with Crippen molar-refractivity contribution in [3.05, 3.63) is 35.2 Å². The molecule has 1 aromatic heterocycles. The van der Waals surface area contributed by atoms with Crippen LogP contribution in [-0.2, 0) is 12.8 Å². The predicted molar refractivity (Wildman–Crippen MR) is 63.9 cm³/mol. The highest BCUT2D eigenvalue weighted by Crippen LogP contribution is 2.21. The van der Waals surface area contributed by atoms with E-state index in [1.165, 1.54) is 11.1 Å². The third kappa shape index (κ3) is 3.03. The van der Waals surface area contributed by atoms with E-state index in [1.807, 2.05) is 6.07 Å². The first kappa shape index (κ1) is 11.6. The number of methoxy groups -OCH3 is 1. The standard InChI is InChI=1S/C12H16N4O/c1-9-6-7-11(17-2)10(8-9)4-3-5-12-13-15-16-14-12/h6-8H,3-5H2,1-2H3,(H,13,14,15,16). The molecule has 1 aromatic carbocycles. The second-order valence-electron chi connectivity index (χ2n) is 4.00. The van der Waals surface area contributed by atoms with Gasteiger partial charge < -0.3 is 4.74 Å². The molecule has 17 heavy (non-hydrogen) atoms. The molecular formula is C12H16N4O. The van der Waals surface area contributed by atoms with Gasteiger partial charge in [-0.1, -0.05) is 22.9 Å². The Morgan fingerprint density at radius 1 is 1.29 bits per heavy atom. The largest absolute Gasteiger partial charge is 0.496 e. The molecule has 5 heteroatoms.